The topological polar surface area (TPSA) is 58.4 Å². The van der Waals surface area contributed by atoms with Gasteiger partial charge in [0.1, 0.15) is 0 Å². The van der Waals surface area contributed by atoms with Gasteiger partial charge in [0, 0.05) is 30.8 Å². The number of piperidine rings is 1. The number of nitrogens with zero attached hydrogens (tertiary/aromatic N) is 2. The van der Waals surface area contributed by atoms with E-state index in [0.717, 1.165) is 31.5 Å². The van der Waals surface area contributed by atoms with Gasteiger partial charge in [0.05, 0.1) is 4.92 Å². The van der Waals surface area contributed by atoms with E-state index in [1.807, 2.05) is 6.07 Å². The van der Waals surface area contributed by atoms with Gasteiger partial charge >= 0.3 is 0 Å². The summed E-state index contributed by atoms with van der Waals surface area (Å²) < 4.78 is 0. The average molecular weight is 291 g/mol. The summed E-state index contributed by atoms with van der Waals surface area (Å²) in [5, 5.41) is 14.7. The third kappa shape index (κ3) is 4.51. The van der Waals surface area contributed by atoms with E-state index < -0.39 is 0 Å². The van der Waals surface area contributed by atoms with Gasteiger partial charge < -0.3 is 10.2 Å². The van der Waals surface area contributed by atoms with E-state index in [9.17, 15) is 10.1 Å². The van der Waals surface area contributed by atoms with Crippen LogP contribution in [0.15, 0.2) is 24.3 Å². The molecule has 5 heteroatoms. The summed E-state index contributed by atoms with van der Waals surface area (Å²) >= 11 is 0. The Kier molecular flexibility index (Phi) is 5.70. The molecule has 5 nitrogen and oxygen atoms in total. The van der Waals surface area contributed by atoms with Gasteiger partial charge in [-0.25, -0.2) is 0 Å². The number of nitro benzene ring substituents is 1. The summed E-state index contributed by atoms with van der Waals surface area (Å²) in [7, 11) is 2.15. The standard InChI is InChI=1S/C16H25N3O2/c1-3-6-16(17-14-8-5-10-18(2)12-14)13-7-4-9-15(11-13)19(20)21/h4,7,9,11,14,16-17H,3,5-6,8,10,12H2,1-2H3. The fourth-order valence-electron chi connectivity index (χ4n) is 3.08. The highest BCUT2D eigenvalue weighted by Gasteiger charge is 2.22. The fraction of sp³-hybridized carbons (Fsp3) is 0.625. The number of benzene rings is 1. The maximum atomic E-state index is 10.9. The number of likely N-dealkylation sites (tertiary alicyclic amines) is 1. The monoisotopic (exact) mass is 291 g/mol. The van der Waals surface area contributed by atoms with E-state index in [2.05, 4.69) is 24.2 Å². The second-order valence-corrected chi connectivity index (χ2v) is 5.96. The van der Waals surface area contributed by atoms with Crippen LogP contribution in [0.4, 0.5) is 5.69 Å². The molecule has 21 heavy (non-hydrogen) atoms. The summed E-state index contributed by atoms with van der Waals surface area (Å²) in [5.41, 5.74) is 1.20. The van der Waals surface area contributed by atoms with Crippen LogP contribution in [0.5, 0.6) is 0 Å². The summed E-state index contributed by atoms with van der Waals surface area (Å²) in [6.45, 7) is 4.36. The molecule has 2 rings (SSSR count). The zero-order valence-corrected chi connectivity index (χ0v) is 12.9. The molecular weight excluding hydrogens is 266 g/mol. The first-order chi connectivity index (χ1) is 10.1. The molecule has 0 aliphatic carbocycles. The molecule has 0 saturated carbocycles. The van der Waals surface area contributed by atoms with Crippen molar-refractivity contribution in [2.24, 2.45) is 0 Å². The Morgan fingerprint density at radius 3 is 3.00 bits per heavy atom. The van der Waals surface area contributed by atoms with Crippen LogP contribution >= 0.6 is 0 Å². The number of nitro groups is 1. The molecule has 2 atom stereocenters. The molecule has 1 saturated heterocycles. The first-order valence-corrected chi connectivity index (χ1v) is 7.79. The third-order valence-electron chi connectivity index (χ3n) is 4.12. The van der Waals surface area contributed by atoms with Gasteiger partial charge in [-0.15, -0.1) is 0 Å². The molecule has 0 spiro atoms. The fourth-order valence-corrected chi connectivity index (χ4v) is 3.08. The lowest BCUT2D eigenvalue weighted by atomic mass is 9.98. The van der Waals surface area contributed by atoms with Gasteiger partial charge in [-0.2, -0.15) is 0 Å². The van der Waals surface area contributed by atoms with Crippen molar-refractivity contribution in [3.8, 4) is 0 Å². The molecule has 1 fully saturated rings. The smallest absolute Gasteiger partial charge is 0.269 e. The lowest BCUT2D eigenvalue weighted by Crippen LogP contribution is -2.45. The van der Waals surface area contributed by atoms with E-state index in [1.54, 1.807) is 18.2 Å². The van der Waals surface area contributed by atoms with Crippen molar-refractivity contribution in [2.75, 3.05) is 20.1 Å². The number of nitrogens with one attached hydrogen (secondary N) is 1. The minimum atomic E-state index is -0.319. The lowest BCUT2D eigenvalue weighted by Gasteiger charge is -2.33. The van der Waals surface area contributed by atoms with Crippen molar-refractivity contribution in [3.63, 3.8) is 0 Å². The summed E-state index contributed by atoms with van der Waals surface area (Å²) in [5.74, 6) is 0. The zero-order valence-electron chi connectivity index (χ0n) is 12.9. The Labute approximate surface area is 126 Å². The molecule has 1 heterocycles. The van der Waals surface area contributed by atoms with Crippen LogP contribution in [0.1, 0.15) is 44.2 Å². The van der Waals surface area contributed by atoms with Crippen molar-refractivity contribution in [2.45, 2.75) is 44.7 Å². The molecule has 1 N–H and O–H groups in total. The number of likely N-dealkylation sites (N-methyl/N-ethyl adjacent to an activating group) is 1. The first-order valence-electron chi connectivity index (χ1n) is 7.79. The summed E-state index contributed by atoms with van der Waals surface area (Å²) in [6.07, 6.45) is 4.45. The van der Waals surface area contributed by atoms with E-state index >= 15 is 0 Å². The molecule has 0 amide bonds. The Balaban J connectivity index is 2.10. The van der Waals surface area contributed by atoms with Crippen molar-refractivity contribution >= 4 is 5.69 Å². The second kappa shape index (κ2) is 7.52. The molecule has 116 valence electrons. The van der Waals surface area contributed by atoms with E-state index in [-0.39, 0.29) is 16.7 Å². The van der Waals surface area contributed by atoms with Gasteiger partial charge in [0.15, 0.2) is 0 Å². The molecule has 1 aliphatic heterocycles. The third-order valence-corrected chi connectivity index (χ3v) is 4.12. The largest absolute Gasteiger partial charge is 0.306 e. The highest BCUT2D eigenvalue weighted by Crippen LogP contribution is 2.24. The molecular formula is C16H25N3O2. The highest BCUT2D eigenvalue weighted by molar-refractivity contribution is 5.35. The predicted molar refractivity (Wildman–Crippen MR) is 84.4 cm³/mol. The maximum Gasteiger partial charge on any atom is 0.269 e. The van der Waals surface area contributed by atoms with Gasteiger partial charge in [-0.05, 0) is 38.4 Å². The lowest BCUT2D eigenvalue weighted by molar-refractivity contribution is -0.384. The van der Waals surface area contributed by atoms with Crippen LogP contribution in [0.2, 0.25) is 0 Å². The van der Waals surface area contributed by atoms with Gasteiger partial charge in [-0.3, -0.25) is 10.1 Å². The van der Waals surface area contributed by atoms with Gasteiger partial charge in [0.2, 0.25) is 0 Å². The van der Waals surface area contributed by atoms with E-state index in [4.69, 9.17) is 0 Å². The van der Waals surface area contributed by atoms with Crippen molar-refractivity contribution in [3.05, 3.63) is 39.9 Å². The molecule has 0 aromatic heterocycles. The number of hydrogen-bond donors (Lipinski definition) is 1. The molecule has 2 unspecified atom stereocenters. The normalized spacial score (nSPS) is 21.1. The average Bonchev–Trinajstić information content (AvgIpc) is 2.47. The second-order valence-electron chi connectivity index (χ2n) is 5.96. The number of hydrogen-bond acceptors (Lipinski definition) is 4. The van der Waals surface area contributed by atoms with Crippen LogP contribution in [-0.2, 0) is 0 Å². The van der Waals surface area contributed by atoms with E-state index in [1.165, 1.54) is 12.8 Å². The highest BCUT2D eigenvalue weighted by atomic mass is 16.6. The van der Waals surface area contributed by atoms with E-state index in [0.29, 0.717) is 6.04 Å². The van der Waals surface area contributed by atoms with Crippen LogP contribution in [0, 0.1) is 10.1 Å². The Hall–Kier alpha value is -1.46. The molecule has 0 bridgehead atoms. The first kappa shape index (κ1) is 15.9. The number of non-ortho nitro benzene ring substituents is 1. The molecule has 1 aliphatic rings. The predicted octanol–water partition coefficient (Wildman–Crippen LogP) is 3.12. The minimum absolute atomic E-state index is 0.177. The SMILES string of the molecule is CCCC(NC1CCCN(C)C1)c1cccc([N+](=O)[O-])c1. The Morgan fingerprint density at radius 2 is 2.33 bits per heavy atom. The minimum Gasteiger partial charge on any atom is -0.306 e. The Morgan fingerprint density at radius 1 is 1.52 bits per heavy atom. The van der Waals surface area contributed by atoms with Crippen molar-refractivity contribution in [1.29, 1.82) is 0 Å². The molecule has 1 aromatic rings. The van der Waals surface area contributed by atoms with Crippen LogP contribution in [-0.4, -0.2) is 36.0 Å². The van der Waals surface area contributed by atoms with Crippen LogP contribution < -0.4 is 5.32 Å². The Bertz CT molecular complexity index is 478. The van der Waals surface area contributed by atoms with Crippen molar-refractivity contribution in [1.82, 2.24) is 10.2 Å². The summed E-state index contributed by atoms with van der Waals surface area (Å²) in [6, 6.07) is 7.71. The van der Waals surface area contributed by atoms with Crippen LogP contribution in [0.3, 0.4) is 0 Å². The maximum absolute atomic E-state index is 10.9. The molecule has 1 aromatic carbocycles. The van der Waals surface area contributed by atoms with Crippen LogP contribution in [0.25, 0.3) is 0 Å². The van der Waals surface area contributed by atoms with Gasteiger partial charge in [0.25, 0.3) is 5.69 Å². The van der Waals surface area contributed by atoms with Crippen molar-refractivity contribution < 1.29 is 4.92 Å². The zero-order chi connectivity index (χ0) is 15.2. The molecule has 0 radical (unpaired) electrons. The summed E-state index contributed by atoms with van der Waals surface area (Å²) in [4.78, 5) is 13.0. The van der Waals surface area contributed by atoms with Gasteiger partial charge in [-0.1, -0.05) is 25.5 Å². The quantitative estimate of drug-likeness (QED) is 0.646. The number of rotatable bonds is 6.